The van der Waals surface area contributed by atoms with Gasteiger partial charge in [-0.3, -0.25) is 9.36 Å². The molecular formula is C6H8N2OS. The van der Waals surface area contributed by atoms with Crippen LogP contribution in [0.2, 0.25) is 0 Å². The van der Waals surface area contributed by atoms with E-state index in [0.717, 1.165) is 0 Å². The molecule has 0 N–H and O–H groups in total. The van der Waals surface area contributed by atoms with Crippen LogP contribution in [-0.2, 0) is 7.05 Å². The van der Waals surface area contributed by atoms with E-state index in [-0.39, 0.29) is 5.91 Å². The third-order valence-electron chi connectivity index (χ3n) is 1.29. The summed E-state index contributed by atoms with van der Waals surface area (Å²) in [5.41, 5.74) is 0. The second kappa shape index (κ2) is 2.38. The van der Waals surface area contributed by atoms with E-state index < -0.39 is 0 Å². The van der Waals surface area contributed by atoms with Gasteiger partial charge >= 0.3 is 0 Å². The molecule has 0 unspecified atom stereocenters. The quantitative estimate of drug-likeness (QED) is 0.528. The highest BCUT2D eigenvalue weighted by atomic mass is 32.1. The molecule has 0 aliphatic heterocycles. The zero-order valence-corrected chi connectivity index (χ0v) is 6.68. The highest BCUT2D eigenvalue weighted by Gasteiger charge is 1.98. The van der Waals surface area contributed by atoms with Crippen molar-refractivity contribution in [2.24, 2.45) is 7.05 Å². The molecule has 1 aromatic rings. The number of aryl methyl sites for hydroxylation is 1. The van der Waals surface area contributed by atoms with Gasteiger partial charge < -0.3 is 4.57 Å². The van der Waals surface area contributed by atoms with Gasteiger partial charge in [-0.05, 0) is 12.2 Å². The highest BCUT2D eigenvalue weighted by Crippen LogP contribution is 1.93. The summed E-state index contributed by atoms with van der Waals surface area (Å²) in [5, 5.41) is 0. The molecule has 0 fully saturated rings. The van der Waals surface area contributed by atoms with Crippen LogP contribution in [0.3, 0.4) is 0 Å². The van der Waals surface area contributed by atoms with Crippen LogP contribution in [-0.4, -0.2) is 15.0 Å². The van der Waals surface area contributed by atoms with E-state index >= 15 is 0 Å². The Balaban J connectivity index is 3.32. The first-order valence-corrected chi connectivity index (χ1v) is 3.28. The zero-order chi connectivity index (χ0) is 7.72. The minimum absolute atomic E-state index is 0.0504. The van der Waals surface area contributed by atoms with Crippen molar-refractivity contribution in [3.63, 3.8) is 0 Å². The minimum atomic E-state index is -0.0504. The van der Waals surface area contributed by atoms with Crippen molar-refractivity contribution in [2.45, 2.75) is 6.92 Å². The minimum Gasteiger partial charge on any atom is -0.326 e. The number of carbonyl (C=O) groups is 1. The average Bonchev–Trinajstić information content (AvgIpc) is 2.14. The summed E-state index contributed by atoms with van der Waals surface area (Å²) in [6.07, 6.45) is 3.41. The Hall–Kier alpha value is -0.900. The van der Waals surface area contributed by atoms with Gasteiger partial charge in [0.25, 0.3) is 0 Å². The van der Waals surface area contributed by atoms with Crippen LogP contribution >= 0.6 is 12.2 Å². The molecule has 4 heteroatoms. The molecule has 0 amide bonds. The Morgan fingerprint density at radius 3 is 2.40 bits per heavy atom. The van der Waals surface area contributed by atoms with Gasteiger partial charge in [-0.2, -0.15) is 0 Å². The summed E-state index contributed by atoms with van der Waals surface area (Å²) in [6.45, 7) is 1.48. The SMILES string of the molecule is CC(=O)n1ccn(C)c1=S. The molecule has 0 radical (unpaired) electrons. The van der Waals surface area contributed by atoms with Gasteiger partial charge in [0, 0.05) is 26.4 Å². The van der Waals surface area contributed by atoms with E-state index in [9.17, 15) is 4.79 Å². The zero-order valence-electron chi connectivity index (χ0n) is 5.87. The lowest BCUT2D eigenvalue weighted by atomic mass is 10.7. The van der Waals surface area contributed by atoms with Crippen molar-refractivity contribution in [2.75, 3.05) is 0 Å². The standard InChI is InChI=1S/C6H8N2OS/c1-5(9)8-4-3-7(2)6(8)10/h3-4H,1-2H3. The second-order valence-electron chi connectivity index (χ2n) is 2.08. The highest BCUT2D eigenvalue weighted by molar-refractivity contribution is 7.71. The second-order valence-corrected chi connectivity index (χ2v) is 2.45. The van der Waals surface area contributed by atoms with Crippen LogP contribution in [0.5, 0.6) is 0 Å². The van der Waals surface area contributed by atoms with Crippen LogP contribution in [0.4, 0.5) is 0 Å². The first-order chi connectivity index (χ1) is 4.63. The number of hydrogen-bond acceptors (Lipinski definition) is 2. The maximum absolute atomic E-state index is 10.8. The molecule has 0 spiro atoms. The summed E-state index contributed by atoms with van der Waals surface area (Å²) in [7, 11) is 1.81. The van der Waals surface area contributed by atoms with Crippen molar-refractivity contribution in [1.82, 2.24) is 9.13 Å². The van der Waals surface area contributed by atoms with E-state index in [2.05, 4.69) is 0 Å². The van der Waals surface area contributed by atoms with Crippen LogP contribution in [0, 0.1) is 4.77 Å². The first-order valence-electron chi connectivity index (χ1n) is 2.88. The summed E-state index contributed by atoms with van der Waals surface area (Å²) in [6, 6.07) is 0. The van der Waals surface area contributed by atoms with E-state index in [0.29, 0.717) is 4.77 Å². The first kappa shape index (κ1) is 7.21. The van der Waals surface area contributed by atoms with Crippen LogP contribution in [0.15, 0.2) is 12.4 Å². The van der Waals surface area contributed by atoms with E-state index in [1.807, 2.05) is 7.05 Å². The Morgan fingerprint density at radius 1 is 1.60 bits per heavy atom. The van der Waals surface area contributed by atoms with Crippen LogP contribution in [0.25, 0.3) is 0 Å². The van der Waals surface area contributed by atoms with E-state index in [1.54, 1.807) is 17.0 Å². The van der Waals surface area contributed by atoms with Crippen molar-refractivity contribution in [3.8, 4) is 0 Å². The predicted octanol–water partition coefficient (Wildman–Crippen LogP) is 1.22. The van der Waals surface area contributed by atoms with Gasteiger partial charge in [0.1, 0.15) is 0 Å². The fraction of sp³-hybridized carbons (Fsp3) is 0.333. The third-order valence-corrected chi connectivity index (χ3v) is 1.77. The Labute approximate surface area is 63.9 Å². The van der Waals surface area contributed by atoms with E-state index in [4.69, 9.17) is 12.2 Å². The van der Waals surface area contributed by atoms with Gasteiger partial charge in [-0.15, -0.1) is 0 Å². The Kier molecular flexibility index (Phi) is 1.72. The predicted molar refractivity (Wildman–Crippen MR) is 40.5 cm³/mol. The van der Waals surface area contributed by atoms with Gasteiger partial charge in [0.05, 0.1) is 0 Å². The Bertz CT molecular complexity index is 310. The molecule has 1 rings (SSSR count). The molecule has 3 nitrogen and oxygen atoms in total. The van der Waals surface area contributed by atoms with Crippen LogP contribution < -0.4 is 0 Å². The Morgan fingerprint density at radius 2 is 2.20 bits per heavy atom. The average molecular weight is 156 g/mol. The van der Waals surface area contributed by atoms with Gasteiger partial charge in [-0.25, -0.2) is 0 Å². The fourth-order valence-electron chi connectivity index (χ4n) is 0.704. The monoisotopic (exact) mass is 156 g/mol. The molecule has 0 aliphatic carbocycles. The number of nitrogens with zero attached hydrogens (tertiary/aromatic N) is 2. The summed E-state index contributed by atoms with van der Waals surface area (Å²) in [4.78, 5) is 10.8. The topological polar surface area (TPSA) is 26.9 Å². The molecule has 0 bridgehead atoms. The smallest absolute Gasteiger partial charge is 0.229 e. The van der Waals surface area contributed by atoms with Crippen molar-refractivity contribution < 1.29 is 4.79 Å². The largest absolute Gasteiger partial charge is 0.326 e. The third kappa shape index (κ3) is 1.02. The number of imidazole rings is 1. The molecule has 54 valence electrons. The lowest BCUT2D eigenvalue weighted by molar-refractivity contribution is 0.0934. The molecule has 0 aliphatic rings. The number of aromatic nitrogens is 2. The number of rotatable bonds is 0. The summed E-state index contributed by atoms with van der Waals surface area (Å²) in [5.74, 6) is -0.0504. The molecule has 0 saturated carbocycles. The molecule has 0 aromatic carbocycles. The normalized spacial score (nSPS) is 9.80. The molecule has 0 atom stereocenters. The number of hydrogen-bond donors (Lipinski definition) is 0. The van der Waals surface area contributed by atoms with Gasteiger partial charge in [0.15, 0.2) is 4.77 Å². The summed E-state index contributed by atoms with van der Waals surface area (Å²) < 4.78 is 3.68. The maximum Gasteiger partial charge on any atom is 0.229 e. The lowest BCUT2D eigenvalue weighted by Crippen LogP contribution is -2.04. The van der Waals surface area contributed by atoms with Crippen molar-refractivity contribution in [1.29, 1.82) is 0 Å². The van der Waals surface area contributed by atoms with Gasteiger partial charge in [0.2, 0.25) is 5.91 Å². The van der Waals surface area contributed by atoms with Crippen LogP contribution in [0.1, 0.15) is 11.7 Å². The molecule has 1 aromatic heterocycles. The molecular weight excluding hydrogens is 148 g/mol. The fourth-order valence-corrected chi connectivity index (χ4v) is 0.954. The molecule has 0 saturated heterocycles. The van der Waals surface area contributed by atoms with Gasteiger partial charge in [-0.1, -0.05) is 0 Å². The summed E-state index contributed by atoms with van der Waals surface area (Å²) >= 11 is 4.91. The molecule has 1 heterocycles. The van der Waals surface area contributed by atoms with Crippen molar-refractivity contribution >= 4 is 18.1 Å². The lowest BCUT2D eigenvalue weighted by Gasteiger charge is -1.92. The maximum atomic E-state index is 10.8. The molecule has 10 heavy (non-hydrogen) atoms. The number of carbonyl (C=O) groups excluding carboxylic acids is 1. The van der Waals surface area contributed by atoms with E-state index in [1.165, 1.54) is 11.5 Å². The van der Waals surface area contributed by atoms with Crippen molar-refractivity contribution in [3.05, 3.63) is 17.2 Å².